The summed E-state index contributed by atoms with van der Waals surface area (Å²) >= 11 is 0. The fraction of sp³-hybridized carbons (Fsp3) is 0.673. The molecule has 6 amide bonds. The lowest BCUT2D eigenvalue weighted by atomic mass is 9.85. The van der Waals surface area contributed by atoms with Gasteiger partial charge in [-0.1, -0.05) is 26.3 Å². The van der Waals surface area contributed by atoms with Crippen molar-refractivity contribution in [2.45, 2.75) is 115 Å². The van der Waals surface area contributed by atoms with E-state index < -0.39 is 108 Å². The standard InChI is InChI=1S/C52H77N11O16/c1-3-31(2)46(51(77)56-36-11-17-63-16-10-33-24-34(25-35(47(33)63)48(36)74)49(75)57-38-26-45(73)79-52(38)78)58-40(65)7-13-54-50(76)37(4-5-42(67)68)55-39(64)6-12-53-41(66)28-59-14-8-32(9-15-59)27-60-18-20-61(29-43(69)70)22-23-62(21-19-60)30-44(71)72/h10,16,25,31-32,34,36-38,46,52,78H,3-9,11-15,17-24,26-30H2,1-2H3,(H,53,66)(H,54,76)(H,55,64)(H,56,77)(H,57,75)(H,58,65)(H,67,68)(H,69,70)(H,71,72)/t31?,34-,36-,37?,38?,46?,52?/m0/s1. The SMILES string of the molecule is CCC(C)C(NC(=O)CCNC(=O)C(CCC(=O)O)NC(=O)CCNC(=O)CN1CCC(CN2CCN(CC(=O)O)CCN(CC(=O)O)CC2)CC1)C(=O)N[C@H]1CCn2ccc3c2C(=C[C@@H](C(=O)NC2CC(=O)OC2O)C3)C1=O. The number of ether oxygens (including phenoxy) is 1. The van der Waals surface area contributed by atoms with E-state index in [9.17, 15) is 73.2 Å². The molecule has 0 radical (unpaired) electrons. The van der Waals surface area contributed by atoms with Gasteiger partial charge in [0, 0.05) is 96.5 Å². The lowest BCUT2D eigenvalue weighted by Crippen LogP contribution is -2.54. The van der Waals surface area contributed by atoms with E-state index in [2.05, 4.69) is 36.8 Å². The average molecular weight is 1110 g/mol. The number of carbonyl (C=O) groups excluding carboxylic acids is 8. The maximum Gasteiger partial charge on any atom is 0.317 e. The first-order valence-electron chi connectivity index (χ1n) is 27.3. The predicted octanol–water partition coefficient (Wildman–Crippen LogP) is -3.05. The Morgan fingerprint density at radius 1 is 0.684 bits per heavy atom. The van der Waals surface area contributed by atoms with Crippen LogP contribution in [0.2, 0.25) is 0 Å². The summed E-state index contributed by atoms with van der Waals surface area (Å²) in [7, 11) is 0. The number of esters is 1. The van der Waals surface area contributed by atoms with Crippen LogP contribution in [0.15, 0.2) is 18.3 Å². The van der Waals surface area contributed by atoms with E-state index in [1.165, 1.54) is 6.08 Å². The molecule has 0 aromatic carbocycles. The van der Waals surface area contributed by atoms with Crippen molar-refractivity contribution in [2.24, 2.45) is 17.8 Å². The maximum atomic E-state index is 14.2. The number of hydrogen-bond donors (Lipinski definition) is 10. The number of likely N-dealkylation sites (tertiary alicyclic amines) is 1. The molecule has 1 aliphatic carbocycles. The van der Waals surface area contributed by atoms with Gasteiger partial charge in [-0.05, 0) is 68.7 Å². The van der Waals surface area contributed by atoms with E-state index in [-0.39, 0.29) is 82.7 Å². The smallest absolute Gasteiger partial charge is 0.317 e. The molecule has 0 spiro atoms. The van der Waals surface area contributed by atoms with Crippen molar-refractivity contribution in [3.05, 3.63) is 29.6 Å². The monoisotopic (exact) mass is 1110 g/mol. The van der Waals surface area contributed by atoms with Gasteiger partial charge < -0.3 is 66.5 Å². The number of ketones is 1. The van der Waals surface area contributed by atoms with E-state index in [1.54, 1.807) is 13.1 Å². The summed E-state index contributed by atoms with van der Waals surface area (Å²) < 4.78 is 6.62. The molecule has 3 saturated heterocycles. The number of aliphatic hydroxyl groups is 1. The number of aryl methyl sites for hydroxylation is 1. The number of rotatable bonds is 26. The number of carbonyl (C=O) groups is 11. The molecule has 1 aromatic rings. The molecule has 5 unspecified atom stereocenters. The summed E-state index contributed by atoms with van der Waals surface area (Å²) in [6.07, 6.45) is 2.97. The molecule has 436 valence electrons. The molecule has 5 heterocycles. The minimum Gasteiger partial charge on any atom is -0.481 e. The predicted molar refractivity (Wildman–Crippen MR) is 279 cm³/mol. The number of hydrogen-bond acceptors (Lipinski definition) is 17. The number of amides is 6. The van der Waals surface area contributed by atoms with Crippen molar-refractivity contribution in [2.75, 3.05) is 91.6 Å². The van der Waals surface area contributed by atoms with Gasteiger partial charge in [-0.15, -0.1) is 0 Å². The lowest BCUT2D eigenvalue weighted by molar-refractivity contribution is -0.155. The van der Waals surface area contributed by atoms with Crippen LogP contribution in [-0.4, -0.2) is 232 Å². The molecule has 10 N–H and O–H groups in total. The fourth-order valence-electron chi connectivity index (χ4n) is 10.6. The number of piperidine rings is 1. The second-order valence-corrected chi connectivity index (χ2v) is 21.2. The van der Waals surface area contributed by atoms with Crippen molar-refractivity contribution < 1.29 is 77.9 Å². The normalized spacial score (nSPS) is 22.6. The van der Waals surface area contributed by atoms with E-state index in [0.717, 1.165) is 24.9 Å². The van der Waals surface area contributed by atoms with Gasteiger partial charge in [-0.2, -0.15) is 0 Å². The first-order valence-corrected chi connectivity index (χ1v) is 27.3. The van der Waals surface area contributed by atoms with E-state index in [4.69, 9.17) is 4.74 Å². The number of aliphatic carboxylic acids is 3. The number of aromatic nitrogens is 1. The summed E-state index contributed by atoms with van der Waals surface area (Å²) in [5.74, 6) is -8.49. The number of carboxylic acid groups (broad SMARTS) is 3. The molecule has 0 saturated carbocycles. The molecular formula is C52H77N11O16. The van der Waals surface area contributed by atoms with Crippen LogP contribution in [0.3, 0.4) is 0 Å². The molecule has 6 rings (SSSR count). The minimum absolute atomic E-state index is 0.0544. The first kappa shape index (κ1) is 61.4. The van der Waals surface area contributed by atoms with Crippen LogP contribution in [-0.2, 0) is 70.4 Å². The number of nitrogens with zero attached hydrogens (tertiary/aromatic N) is 5. The van der Waals surface area contributed by atoms with Crippen LogP contribution < -0.4 is 31.9 Å². The Kier molecular flexibility index (Phi) is 22.9. The third-order valence-corrected chi connectivity index (χ3v) is 15.3. The van der Waals surface area contributed by atoms with Crippen LogP contribution in [0.25, 0.3) is 5.57 Å². The van der Waals surface area contributed by atoms with Gasteiger partial charge in [-0.25, -0.2) is 0 Å². The summed E-state index contributed by atoms with van der Waals surface area (Å²) in [5.41, 5.74) is 1.61. The zero-order valence-corrected chi connectivity index (χ0v) is 45.0. The molecule has 27 nitrogen and oxygen atoms in total. The topological polar surface area (TPSA) is 368 Å². The van der Waals surface area contributed by atoms with Crippen LogP contribution in [0.4, 0.5) is 0 Å². The maximum absolute atomic E-state index is 14.2. The molecule has 4 aliphatic heterocycles. The molecule has 0 bridgehead atoms. The first-order chi connectivity index (χ1) is 37.6. The number of Topliss-reactive ketones (excluding diaryl/α,β-unsaturated/α-hetero) is 1. The van der Waals surface area contributed by atoms with Crippen molar-refractivity contribution >= 4 is 70.7 Å². The zero-order chi connectivity index (χ0) is 57.3. The molecule has 27 heteroatoms. The van der Waals surface area contributed by atoms with Gasteiger partial charge in [-0.3, -0.25) is 67.4 Å². The third kappa shape index (κ3) is 18.6. The van der Waals surface area contributed by atoms with E-state index in [0.29, 0.717) is 76.9 Å². The zero-order valence-electron chi connectivity index (χ0n) is 45.0. The lowest BCUT2D eigenvalue weighted by Gasteiger charge is -2.35. The molecule has 79 heavy (non-hydrogen) atoms. The Morgan fingerprint density at radius 2 is 1.29 bits per heavy atom. The van der Waals surface area contributed by atoms with Crippen LogP contribution in [0, 0.1) is 17.8 Å². The number of carboxylic acids is 3. The molecule has 5 aliphatic rings. The van der Waals surface area contributed by atoms with Gasteiger partial charge in [0.25, 0.3) is 0 Å². The average Bonchev–Trinajstić information content (AvgIpc) is 3.98. The van der Waals surface area contributed by atoms with E-state index >= 15 is 0 Å². The fourth-order valence-corrected chi connectivity index (χ4v) is 10.6. The van der Waals surface area contributed by atoms with E-state index in [1.807, 2.05) is 32.3 Å². The van der Waals surface area contributed by atoms with Gasteiger partial charge in [0.2, 0.25) is 41.7 Å². The number of cyclic esters (lactones) is 1. The summed E-state index contributed by atoms with van der Waals surface area (Å²) in [6.45, 7) is 8.88. The molecule has 3 fully saturated rings. The molecule has 1 aromatic heterocycles. The Labute approximate surface area is 457 Å². The second kappa shape index (κ2) is 29.4. The van der Waals surface area contributed by atoms with Gasteiger partial charge in [0.15, 0.2) is 5.78 Å². The minimum atomic E-state index is -1.49. The van der Waals surface area contributed by atoms with Crippen LogP contribution in [0.1, 0.15) is 82.9 Å². The second-order valence-electron chi connectivity index (χ2n) is 21.2. The Balaban J connectivity index is 0.918. The third-order valence-electron chi connectivity index (χ3n) is 15.3. The highest BCUT2D eigenvalue weighted by Crippen LogP contribution is 2.35. The van der Waals surface area contributed by atoms with Crippen molar-refractivity contribution in [1.29, 1.82) is 0 Å². The van der Waals surface area contributed by atoms with Crippen molar-refractivity contribution in [3.8, 4) is 0 Å². The highest BCUT2D eigenvalue weighted by atomic mass is 16.6. The number of aliphatic hydroxyl groups excluding tert-OH is 1. The summed E-state index contributed by atoms with van der Waals surface area (Å²) in [6, 6.07) is -2.51. The quantitative estimate of drug-likeness (QED) is 0.0412. The summed E-state index contributed by atoms with van der Waals surface area (Å²) in [5, 5.41) is 54.1. The Bertz CT molecular complexity index is 2410. The van der Waals surface area contributed by atoms with Crippen molar-refractivity contribution in [1.82, 2.24) is 56.1 Å². The Morgan fingerprint density at radius 3 is 1.89 bits per heavy atom. The highest BCUT2D eigenvalue weighted by Gasteiger charge is 2.40. The van der Waals surface area contributed by atoms with Gasteiger partial charge in [0.1, 0.15) is 18.1 Å². The van der Waals surface area contributed by atoms with Gasteiger partial charge in [0.05, 0.1) is 43.7 Å². The largest absolute Gasteiger partial charge is 0.481 e. The van der Waals surface area contributed by atoms with Gasteiger partial charge >= 0.3 is 23.9 Å². The van der Waals surface area contributed by atoms with Crippen molar-refractivity contribution in [3.63, 3.8) is 0 Å². The van der Waals surface area contributed by atoms with Crippen LogP contribution >= 0.6 is 0 Å². The summed E-state index contributed by atoms with van der Waals surface area (Å²) in [4.78, 5) is 148. The molecular weight excluding hydrogens is 1030 g/mol. The highest BCUT2D eigenvalue weighted by molar-refractivity contribution is 6.24. The number of nitrogens with one attached hydrogen (secondary N) is 6. The van der Waals surface area contributed by atoms with Crippen LogP contribution in [0.5, 0.6) is 0 Å². The molecule has 7 atom stereocenters. The Hall–Kier alpha value is -6.81.